The lowest BCUT2D eigenvalue weighted by molar-refractivity contribution is -0.359. The number of hydrogen-bond acceptors (Lipinski definition) is 13. The van der Waals surface area contributed by atoms with E-state index in [-0.39, 0.29) is 18.9 Å². The molecule has 12 unspecified atom stereocenters. The molecule has 1 amide bonds. The van der Waals surface area contributed by atoms with Gasteiger partial charge in [0.2, 0.25) is 5.91 Å². The standard InChI is InChI=1S/C67H115NO13/c1-3-5-7-9-11-13-15-17-19-21-23-24-25-26-27-28-29-30-31-32-33-35-37-39-41-43-45-47-49-51-59(72)68-55(56(71)50-48-46-44-42-40-38-36-34-22-20-18-16-14-12-10-8-6-4-2)54-78-66-64(77)62(75)65(58(53-70)80-66)81-67-63(76)61(74)60(73)57(52-69)79-67/h5,7,11,13,17,19,23-24,26-27,29-30,40,42,48,50,55-58,60-67,69-71,73-77H,3-4,6,8-10,12,14-16,18,20-22,25,28,31-39,41,43-47,49,51-54H2,1-2H3,(H,68,72)/b7-5-,13-11-,19-17-,24-23-,27-26-,30-29-,42-40+,50-48+. The van der Waals surface area contributed by atoms with Crippen molar-refractivity contribution in [1.82, 2.24) is 5.32 Å². The second-order valence-corrected chi connectivity index (χ2v) is 22.1. The zero-order valence-electron chi connectivity index (χ0n) is 50.2. The predicted octanol–water partition coefficient (Wildman–Crippen LogP) is 11.8. The first-order chi connectivity index (χ1) is 39.6. The molecular formula is C67H115NO13. The summed E-state index contributed by atoms with van der Waals surface area (Å²) in [6.07, 6.45) is 54.4. The fourth-order valence-electron chi connectivity index (χ4n) is 9.90. The zero-order chi connectivity index (χ0) is 58.8. The van der Waals surface area contributed by atoms with Gasteiger partial charge in [-0.05, 0) is 83.5 Å². The number of aliphatic hydroxyl groups excluding tert-OH is 8. The van der Waals surface area contributed by atoms with Gasteiger partial charge in [-0.1, -0.05) is 233 Å². The summed E-state index contributed by atoms with van der Waals surface area (Å²) in [5, 5.41) is 87.2. The third kappa shape index (κ3) is 36.4. The van der Waals surface area contributed by atoms with E-state index in [1.165, 1.54) is 116 Å². The molecule has 0 saturated carbocycles. The maximum Gasteiger partial charge on any atom is 0.220 e. The Bertz CT molecular complexity index is 1730. The summed E-state index contributed by atoms with van der Waals surface area (Å²) in [7, 11) is 0. The molecule has 0 aliphatic carbocycles. The zero-order valence-corrected chi connectivity index (χ0v) is 50.2. The van der Waals surface area contributed by atoms with Crippen molar-refractivity contribution in [1.29, 1.82) is 0 Å². The molecule has 0 bridgehead atoms. The van der Waals surface area contributed by atoms with Crippen molar-refractivity contribution in [2.45, 2.75) is 299 Å². The molecule has 2 fully saturated rings. The Kier molecular flexibility index (Phi) is 46.9. The molecule has 2 saturated heterocycles. The van der Waals surface area contributed by atoms with E-state index in [4.69, 9.17) is 18.9 Å². The first kappa shape index (κ1) is 74.0. The lowest BCUT2D eigenvalue weighted by atomic mass is 9.97. The molecule has 14 nitrogen and oxygen atoms in total. The van der Waals surface area contributed by atoms with Gasteiger partial charge in [0.05, 0.1) is 32.0 Å². The molecule has 2 heterocycles. The average Bonchev–Trinajstić information content (AvgIpc) is 3.47. The van der Waals surface area contributed by atoms with E-state index in [0.717, 1.165) is 77.0 Å². The molecule has 0 aromatic carbocycles. The van der Waals surface area contributed by atoms with Gasteiger partial charge in [0.25, 0.3) is 0 Å². The van der Waals surface area contributed by atoms with E-state index in [9.17, 15) is 45.6 Å². The van der Waals surface area contributed by atoms with Gasteiger partial charge >= 0.3 is 0 Å². The SMILES string of the molecule is CC/C=C\C/C=C\C/C=C\C/C=C\C/C=C\C/C=C\CCCCCCCCCCCCC(=O)NC(COC1OC(CO)C(OC2OC(CO)C(O)C(O)C2O)C(O)C1O)C(O)/C=C/CC/C=C/CCCCCCCCCCCCCC. The second kappa shape index (κ2) is 51.3. The number of carbonyl (C=O) groups is 1. The highest BCUT2D eigenvalue weighted by Gasteiger charge is 2.51. The number of allylic oxidation sites excluding steroid dienone is 15. The number of rotatable bonds is 50. The number of unbranched alkanes of at least 4 members (excludes halogenated alkanes) is 23. The van der Waals surface area contributed by atoms with Crippen LogP contribution < -0.4 is 5.32 Å². The molecule has 81 heavy (non-hydrogen) atoms. The van der Waals surface area contributed by atoms with Gasteiger partial charge in [-0.25, -0.2) is 0 Å². The number of aliphatic hydroxyl groups is 8. The van der Waals surface area contributed by atoms with Crippen LogP contribution in [0.15, 0.2) is 97.2 Å². The number of amides is 1. The molecule has 14 heteroatoms. The van der Waals surface area contributed by atoms with E-state index in [0.29, 0.717) is 12.8 Å². The van der Waals surface area contributed by atoms with Crippen LogP contribution in [0.25, 0.3) is 0 Å². The van der Waals surface area contributed by atoms with Crippen molar-refractivity contribution in [2.24, 2.45) is 0 Å². The summed E-state index contributed by atoms with van der Waals surface area (Å²) in [5.74, 6) is -0.257. The first-order valence-electron chi connectivity index (χ1n) is 32.0. The molecule has 466 valence electrons. The highest BCUT2D eigenvalue weighted by Crippen LogP contribution is 2.30. The third-order valence-electron chi connectivity index (χ3n) is 15.0. The maximum atomic E-state index is 13.3. The Morgan fingerprint density at radius 2 is 0.864 bits per heavy atom. The molecule has 0 aromatic heterocycles. The summed E-state index contributed by atoms with van der Waals surface area (Å²) in [6, 6.07) is -0.940. The minimum atomic E-state index is -1.80. The van der Waals surface area contributed by atoms with E-state index in [1.807, 2.05) is 6.08 Å². The first-order valence-corrected chi connectivity index (χ1v) is 32.0. The minimum absolute atomic E-state index is 0.257. The quantitative estimate of drug-likeness (QED) is 0.0204. The number of nitrogens with one attached hydrogen (secondary N) is 1. The molecule has 0 spiro atoms. The fraction of sp³-hybridized carbons (Fsp3) is 0.746. The molecule has 0 aromatic rings. The predicted molar refractivity (Wildman–Crippen MR) is 327 cm³/mol. The van der Waals surface area contributed by atoms with Gasteiger partial charge in [-0.2, -0.15) is 0 Å². The Labute approximate surface area is 490 Å². The van der Waals surface area contributed by atoms with E-state index >= 15 is 0 Å². The van der Waals surface area contributed by atoms with E-state index < -0.39 is 86.8 Å². The number of hydrogen-bond donors (Lipinski definition) is 9. The smallest absolute Gasteiger partial charge is 0.220 e. The lowest BCUT2D eigenvalue weighted by Gasteiger charge is -2.46. The summed E-state index contributed by atoms with van der Waals surface area (Å²) in [5.41, 5.74) is 0. The summed E-state index contributed by atoms with van der Waals surface area (Å²) < 4.78 is 22.8. The van der Waals surface area contributed by atoms with Crippen LogP contribution in [0, 0.1) is 0 Å². The summed E-state index contributed by atoms with van der Waals surface area (Å²) in [4.78, 5) is 13.3. The van der Waals surface area contributed by atoms with Crippen LogP contribution in [0.1, 0.15) is 226 Å². The monoisotopic (exact) mass is 1140 g/mol. The van der Waals surface area contributed by atoms with Crippen LogP contribution in [0.3, 0.4) is 0 Å². The van der Waals surface area contributed by atoms with Crippen molar-refractivity contribution >= 4 is 5.91 Å². The van der Waals surface area contributed by atoms with Crippen molar-refractivity contribution in [3.05, 3.63) is 97.2 Å². The van der Waals surface area contributed by atoms with Gasteiger partial charge in [-0.3, -0.25) is 4.79 Å². The minimum Gasteiger partial charge on any atom is -0.394 e. The number of carbonyl (C=O) groups excluding carboxylic acids is 1. The van der Waals surface area contributed by atoms with Crippen LogP contribution in [0.4, 0.5) is 0 Å². The van der Waals surface area contributed by atoms with E-state index in [2.05, 4.69) is 104 Å². The normalized spacial score (nSPS) is 24.8. The summed E-state index contributed by atoms with van der Waals surface area (Å²) in [6.45, 7) is 2.66. The molecule has 2 aliphatic rings. The average molecular weight is 1140 g/mol. The highest BCUT2D eigenvalue weighted by atomic mass is 16.7. The van der Waals surface area contributed by atoms with Crippen molar-refractivity contribution < 1.29 is 64.6 Å². The Morgan fingerprint density at radius 1 is 0.457 bits per heavy atom. The maximum absolute atomic E-state index is 13.3. The number of ether oxygens (including phenoxy) is 4. The topological polar surface area (TPSA) is 228 Å². The fourth-order valence-corrected chi connectivity index (χ4v) is 9.90. The largest absolute Gasteiger partial charge is 0.394 e. The molecular weight excluding hydrogens is 1030 g/mol. The molecule has 0 radical (unpaired) electrons. The Balaban J connectivity index is 1.73. The highest BCUT2D eigenvalue weighted by molar-refractivity contribution is 5.76. The third-order valence-corrected chi connectivity index (χ3v) is 15.0. The van der Waals surface area contributed by atoms with Gasteiger partial charge in [0.15, 0.2) is 12.6 Å². The van der Waals surface area contributed by atoms with Gasteiger partial charge in [0, 0.05) is 6.42 Å². The molecule has 2 aliphatic heterocycles. The van der Waals surface area contributed by atoms with Crippen LogP contribution in [-0.4, -0.2) is 140 Å². The van der Waals surface area contributed by atoms with Crippen LogP contribution in [0.2, 0.25) is 0 Å². The van der Waals surface area contributed by atoms with Crippen molar-refractivity contribution in [3.8, 4) is 0 Å². The van der Waals surface area contributed by atoms with Gasteiger partial charge in [-0.15, -0.1) is 0 Å². The molecule has 12 atom stereocenters. The summed E-state index contributed by atoms with van der Waals surface area (Å²) >= 11 is 0. The molecule has 9 N–H and O–H groups in total. The second-order valence-electron chi connectivity index (χ2n) is 22.1. The Morgan fingerprint density at radius 3 is 1.36 bits per heavy atom. The lowest BCUT2D eigenvalue weighted by Crippen LogP contribution is -2.65. The van der Waals surface area contributed by atoms with Crippen LogP contribution >= 0.6 is 0 Å². The molecule has 2 rings (SSSR count). The van der Waals surface area contributed by atoms with Crippen molar-refractivity contribution in [3.63, 3.8) is 0 Å². The van der Waals surface area contributed by atoms with Crippen LogP contribution in [-0.2, 0) is 23.7 Å². The van der Waals surface area contributed by atoms with Gasteiger partial charge < -0.3 is 65.1 Å². The Hall–Kier alpha value is -3.09. The van der Waals surface area contributed by atoms with Crippen molar-refractivity contribution in [2.75, 3.05) is 19.8 Å². The van der Waals surface area contributed by atoms with Gasteiger partial charge in [0.1, 0.15) is 48.8 Å². The van der Waals surface area contributed by atoms with Crippen LogP contribution in [0.5, 0.6) is 0 Å². The van der Waals surface area contributed by atoms with E-state index in [1.54, 1.807) is 6.08 Å².